The highest BCUT2D eigenvalue weighted by atomic mass is 16.5. The molecule has 19 heavy (non-hydrogen) atoms. The maximum Gasteiger partial charge on any atom is 0.115 e. The lowest BCUT2D eigenvalue weighted by Gasteiger charge is -2.43. The number of morpholine rings is 1. The van der Waals surface area contributed by atoms with Crippen LogP contribution in [0, 0.1) is 0 Å². The summed E-state index contributed by atoms with van der Waals surface area (Å²) >= 11 is 0. The van der Waals surface area contributed by atoms with E-state index in [1.165, 1.54) is 0 Å². The first kappa shape index (κ1) is 14.3. The zero-order valence-corrected chi connectivity index (χ0v) is 11.7. The molecule has 0 aliphatic carbocycles. The fraction of sp³-hybridized carbons (Fsp3) is 0.600. The van der Waals surface area contributed by atoms with Crippen LogP contribution < -0.4 is 0 Å². The minimum absolute atomic E-state index is 0.244. The average molecular weight is 265 g/mol. The second-order valence-electron chi connectivity index (χ2n) is 5.64. The minimum Gasteiger partial charge on any atom is -0.508 e. The van der Waals surface area contributed by atoms with Crippen LogP contribution in [0.15, 0.2) is 24.3 Å². The quantitative estimate of drug-likeness (QED) is 0.864. The van der Waals surface area contributed by atoms with Crippen LogP contribution in [0.25, 0.3) is 0 Å². The average Bonchev–Trinajstić information content (AvgIpc) is 2.39. The van der Waals surface area contributed by atoms with Gasteiger partial charge in [0.2, 0.25) is 0 Å². The van der Waals surface area contributed by atoms with Gasteiger partial charge in [0.05, 0.1) is 19.3 Å². The van der Waals surface area contributed by atoms with Gasteiger partial charge in [0.15, 0.2) is 0 Å². The van der Waals surface area contributed by atoms with E-state index in [1.54, 1.807) is 18.2 Å². The maximum atomic E-state index is 10.5. The lowest BCUT2D eigenvalue weighted by molar-refractivity contribution is -0.0612. The van der Waals surface area contributed by atoms with Gasteiger partial charge in [-0.15, -0.1) is 0 Å². The molecular weight excluding hydrogens is 242 g/mol. The van der Waals surface area contributed by atoms with Gasteiger partial charge in [-0.3, -0.25) is 4.90 Å². The van der Waals surface area contributed by atoms with Gasteiger partial charge in [0, 0.05) is 25.0 Å². The third-order valence-electron chi connectivity index (χ3n) is 3.98. The number of benzene rings is 1. The summed E-state index contributed by atoms with van der Waals surface area (Å²) in [7, 11) is 0. The molecule has 106 valence electrons. The third-order valence-corrected chi connectivity index (χ3v) is 3.98. The van der Waals surface area contributed by atoms with Crippen molar-refractivity contribution in [3.05, 3.63) is 29.8 Å². The number of hydrogen-bond donors (Lipinski definition) is 2. The van der Waals surface area contributed by atoms with Crippen molar-refractivity contribution in [3.63, 3.8) is 0 Å². The minimum atomic E-state index is -0.479. The van der Waals surface area contributed by atoms with Gasteiger partial charge in [-0.1, -0.05) is 12.1 Å². The van der Waals surface area contributed by atoms with Gasteiger partial charge in [0.25, 0.3) is 0 Å². The Morgan fingerprint density at radius 1 is 1.32 bits per heavy atom. The van der Waals surface area contributed by atoms with Gasteiger partial charge in [0.1, 0.15) is 5.75 Å². The monoisotopic (exact) mass is 265 g/mol. The Morgan fingerprint density at radius 2 is 2.00 bits per heavy atom. The Balaban J connectivity index is 2.03. The maximum absolute atomic E-state index is 10.5. The molecule has 0 saturated carbocycles. The molecule has 2 rings (SSSR count). The van der Waals surface area contributed by atoms with Crippen LogP contribution >= 0.6 is 0 Å². The summed E-state index contributed by atoms with van der Waals surface area (Å²) in [6, 6.07) is 7.08. The SMILES string of the molecule is CC(C)(C(O)Cc1cccc(O)c1)N1CCOCC1. The Hall–Kier alpha value is -1.10. The van der Waals surface area contributed by atoms with Crippen molar-refractivity contribution in [2.24, 2.45) is 0 Å². The highest BCUT2D eigenvalue weighted by Crippen LogP contribution is 2.24. The molecule has 1 aromatic rings. The summed E-state index contributed by atoms with van der Waals surface area (Å²) < 4.78 is 5.35. The third kappa shape index (κ3) is 3.47. The molecule has 1 saturated heterocycles. The molecule has 2 N–H and O–H groups in total. The fourth-order valence-corrected chi connectivity index (χ4v) is 2.51. The van der Waals surface area contributed by atoms with Crippen molar-refractivity contribution < 1.29 is 14.9 Å². The molecule has 1 heterocycles. The first-order chi connectivity index (χ1) is 9.00. The van der Waals surface area contributed by atoms with E-state index in [0.717, 1.165) is 31.9 Å². The van der Waals surface area contributed by atoms with Crippen LogP contribution in [0.4, 0.5) is 0 Å². The molecule has 0 bridgehead atoms. The number of aliphatic hydroxyl groups excluding tert-OH is 1. The summed E-state index contributed by atoms with van der Waals surface area (Å²) in [5.41, 5.74) is 0.656. The highest BCUT2D eigenvalue weighted by molar-refractivity contribution is 5.27. The molecule has 0 spiro atoms. The van der Waals surface area contributed by atoms with Crippen molar-refractivity contribution in [2.45, 2.75) is 31.9 Å². The predicted octanol–water partition coefficient (Wildman–Crippen LogP) is 1.41. The van der Waals surface area contributed by atoms with Crippen LogP contribution in [0.3, 0.4) is 0 Å². The van der Waals surface area contributed by atoms with Gasteiger partial charge in [-0.05, 0) is 31.5 Å². The Kier molecular flexibility index (Phi) is 4.45. The Bertz CT molecular complexity index is 414. The molecule has 4 heteroatoms. The summed E-state index contributed by atoms with van der Waals surface area (Å²) in [6.45, 7) is 7.27. The summed E-state index contributed by atoms with van der Waals surface area (Å²) in [5, 5.41) is 20.0. The van der Waals surface area contributed by atoms with Gasteiger partial charge in [-0.25, -0.2) is 0 Å². The van der Waals surface area contributed by atoms with E-state index in [-0.39, 0.29) is 11.3 Å². The molecule has 1 aromatic carbocycles. The molecule has 0 amide bonds. The number of phenols is 1. The Morgan fingerprint density at radius 3 is 2.63 bits per heavy atom. The van der Waals surface area contributed by atoms with Gasteiger partial charge >= 0.3 is 0 Å². The van der Waals surface area contributed by atoms with Crippen LogP contribution in [0.2, 0.25) is 0 Å². The summed E-state index contributed by atoms with van der Waals surface area (Å²) in [4.78, 5) is 2.27. The van der Waals surface area contributed by atoms with Crippen molar-refractivity contribution in [3.8, 4) is 5.75 Å². The topological polar surface area (TPSA) is 52.9 Å². The number of nitrogens with zero attached hydrogens (tertiary/aromatic N) is 1. The summed E-state index contributed by atoms with van der Waals surface area (Å²) in [6.07, 6.45) is 0.0612. The highest BCUT2D eigenvalue weighted by Gasteiger charge is 2.35. The molecule has 1 aliphatic heterocycles. The summed E-state index contributed by atoms with van der Waals surface area (Å²) in [5.74, 6) is 0.244. The number of aliphatic hydroxyl groups is 1. The van der Waals surface area contributed by atoms with E-state index >= 15 is 0 Å². The number of hydrogen-bond acceptors (Lipinski definition) is 4. The second kappa shape index (κ2) is 5.90. The smallest absolute Gasteiger partial charge is 0.115 e. The molecule has 4 nitrogen and oxygen atoms in total. The number of rotatable bonds is 4. The van der Waals surface area contributed by atoms with Crippen molar-refractivity contribution in [1.82, 2.24) is 4.90 Å². The molecule has 0 aromatic heterocycles. The predicted molar refractivity (Wildman–Crippen MR) is 74.3 cm³/mol. The number of ether oxygens (including phenoxy) is 1. The van der Waals surface area contributed by atoms with E-state index in [1.807, 2.05) is 6.07 Å². The number of aromatic hydroxyl groups is 1. The van der Waals surface area contributed by atoms with E-state index < -0.39 is 6.10 Å². The molecule has 1 unspecified atom stereocenters. The van der Waals surface area contributed by atoms with Gasteiger partial charge in [-0.2, -0.15) is 0 Å². The lowest BCUT2D eigenvalue weighted by atomic mass is 9.89. The molecule has 1 fully saturated rings. The lowest BCUT2D eigenvalue weighted by Crippen LogP contribution is -2.56. The van der Waals surface area contributed by atoms with Crippen molar-refractivity contribution >= 4 is 0 Å². The van der Waals surface area contributed by atoms with Crippen molar-refractivity contribution in [1.29, 1.82) is 0 Å². The second-order valence-corrected chi connectivity index (χ2v) is 5.64. The van der Waals surface area contributed by atoms with Gasteiger partial charge < -0.3 is 14.9 Å². The molecule has 1 atom stereocenters. The largest absolute Gasteiger partial charge is 0.508 e. The van der Waals surface area contributed by atoms with Crippen LogP contribution in [-0.4, -0.2) is 53.1 Å². The van der Waals surface area contributed by atoms with Crippen molar-refractivity contribution in [2.75, 3.05) is 26.3 Å². The van der Waals surface area contributed by atoms with Crippen LogP contribution in [0.5, 0.6) is 5.75 Å². The number of phenolic OH excluding ortho intramolecular Hbond substituents is 1. The molecule has 0 radical (unpaired) electrons. The normalized spacial score (nSPS) is 19.3. The Labute approximate surface area is 114 Å². The first-order valence-corrected chi connectivity index (χ1v) is 6.79. The van der Waals surface area contributed by atoms with E-state index in [4.69, 9.17) is 4.74 Å². The zero-order valence-electron chi connectivity index (χ0n) is 11.7. The van der Waals surface area contributed by atoms with E-state index in [2.05, 4.69) is 18.7 Å². The first-order valence-electron chi connectivity index (χ1n) is 6.79. The van der Waals surface area contributed by atoms with Crippen LogP contribution in [-0.2, 0) is 11.2 Å². The van der Waals surface area contributed by atoms with Crippen LogP contribution in [0.1, 0.15) is 19.4 Å². The fourth-order valence-electron chi connectivity index (χ4n) is 2.51. The zero-order chi connectivity index (χ0) is 13.9. The van der Waals surface area contributed by atoms with E-state index in [9.17, 15) is 10.2 Å². The molecular formula is C15H23NO3. The molecule has 1 aliphatic rings. The standard InChI is InChI=1S/C15H23NO3/c1-15(2,16-6-8-19-9-7-16)14(18)11-12-4-3-5-13(17)10-12/h3-5,10,14,17-18H,6-9,11H2,1-2H3. The van der Waals surface area contributed by atoms with E-state index in [0.29, 0.717) is 6.42 Å².